The Bertz CT molecular complexity index is 805. The van der Waals surface area contributed by atoms with Crippen LogP contribution in [0.3, 0.4) is 0 Å². The summed E-state index contributed by atoms with van der Waals surface area (Å²) < 4.78 is 0. The van der Waals surface area contributed by atoms with Crippen molar-refractivity contribution in [3.05, 3.63) is 66.8 Å². The van der Waals surface area contributed by atoms with Crippen molar-refractivity contribution in [1.29, 1.82) is 0 Å². The summed E-state index contributed by atoms with van der Waals surface area (Å²) in [6.07, 6.45) is 4.47. The molecular formula is C26H38. The maximum atomic E-state index is 2.35. The van der Waals surface area contributed by atoms with Crippen LogP contribution in [0.4, 0.5) is 0 Å². The molecule has 0 heterocycles. The van der Waals surface area contributed by atoms with Gasteiger partial charge in [0.05, 0.1) is 0 Å². The van der Waals surface area contributed by atoms with Crippen LogP contribution in [0, 0.1) is 48.5 Å². The van der Waals surface area contributed by atoms with Gasteiger partial charge in [-0.15, -0.1) is 0 Å². The number of hydrogen-bond donors (Lipinski definition) is 0. The first-order chi connectivity index (χ1) is 12.2. The van der Waals surface area contributed by atoms with Crippen LogP contribution in [0.25, 0.3) is 0 Å². The Balaban J connectivity index is 2.73. The molecule has 142 valence electrons. The van der Waals surface area contributed by atoms with Crippen molar-refractivity contribution < 1.29 is 0 Å². The maximum absolute atomic E-state index is 2.35. The van der Waals surface area contributed by atoms with E-state index in [0.29, 0.717) is 0 Å². The fourth-order valence-electron chi connectivity index (χ4n) is 5.03. The van der Waals surface area contributed by atoms with Crippen LogP contribution in [-0.2, 0) is 25.7 Å². The standard InChI is InChI=1S/C26H38/c1-11-22-15(4)18(7)25(19(8)16(22)5)14-26-20(9)17(6)23(12-2)24(13-3)21(26)10/h11-14H2,1-10H3. The van der Waals surface area contributed by atoms with E-state index in [4.69, 9.17) is 0 Å². The lowest BCUT2D eigenvalue weighted by molar-refractivity contribution is 0.950. The predicted octanol–water partition coefficient (Wildman–Crippen LogP) is 7.12. The summed E-state index contributed by atoms with van der Waals surface area (Å²) in [6, 6.07) is 0. The molecule has 0 N–H and O–H groups in total. The molecule has 0 bridgehead atoms. The fraction of sp³-hybridized carbons (Fsp3) is 0.538. The van der Waals surface area contributed by atoms with Gasteiger partial charge in [-0.25, -0.2) is 0 Å². The highest BCUT2D eigenvalue weighted by Crippen LogP contribution is 2.33. The van der Waals surface area contributed by atoms with Gasteiger partial charge in [-0.05, 0) is 141 Å². The Kier molecular flexibility index (Phi) is 6.37. The molecule has 2 aromatic carbocycles. The normalized spacial score (nSPS) is 11.3. The zero-order chi connectivity index (χ0) is 19.8. The fourth-order valence-corrected chi connectivity index (χ4v) is 5.03. The average molecular weight is 351 g/mol. The van der Waals surface area contributed by atoms with Crippen LogP contribution in [0.15, 0.2) is 0 Å². The molecule has 0 aliphatic carbocycles. The van der Waals surface area contributed by atoms with E-state index in [2.05, 4.69) is 69.2 Å². The number of hydrogen-bond acceptors (Lipinski definition) is 0. The van der Waals surface area contributed by atoms with Crippen LogP contribution in [-0.4, -0.2) is 0 Å². The minimum atomic E-state index is 1.07. The molecule has 0 nitrogen and oxygen atoms in total. The average Bonchev–Trinajstić information content (AvgIpc) is 2.62. The van der Waals surface area contributed by atoms with E-state index in [-0.39, 0.29) is 0 Å². The molecule has 0 spiro atoms. The molecule has 26 heavy (non-hydrogen) atoms. The van der Waals surface area contributed by atoms with Crippen molar-refractivity contribution in [3.63, 3.8) is 0 Å². The van der Waals surface area contributed by atoms with Crippen molar-refractivity contribution in [3.8, 4) is 0 Å². The van der Waals surface area contributed by atoms with E-state index < -0.39 is 0 Å². The SMILES string of the molecule is CCc1c(C)c(C)c(Cc2c(C)c(C)c(CC)c(CC)c2C)c(C)c1C. The molecule has 0 radical (unpaired) electrons. The molecule has 2 rings (SSSR count). The summed E-state index contributed by atoms with van der Waals surface area (Å²) in [4.78, 5) is 0. The van der Waals surface area contributed by atoms with Gasteiger partial charge in [-0.3, -0.25) is 0 Å². The lowest BCUT2D eigenvalue weighted by Gasteiger charge is -2.25. The molecule has 0 unspecified atom stereocenters. The minimum absolute atomic E-state index is 1.07. The lowest BCUT2D eigenvalue weighted by Crippen LogP contribution is -2.10. The Morgan fingerprint density at radius 1 is 0.346 bits per heavy atom. The summed E-state index contributed by atoms with van der Waals surface area (Å²) >= 11 is 0. The zero-order valence-electron chi connectivity index (χ0n) is 18.8. The van der Waals surface area contributed by atoms with Crippen molar-refractivity contribution in [2.24, 2.45) is 0 Å². The van der Waals surface area contributed by atoms with Gasteiger partial charge in [-0.2, -0.15) is 0 Å². The summed E-state index contributed by atoms with van der Waals surface area (Å²) in [5, 5.41) is 0. The smallest absolute Gasteiger partial charge is 0.00149 e. The van der Waals surface area contributed by atoms with E-state index in [1.807, 2.05) is 0 Å². The van der Waals surface area contributed by atoms with Gasteiger partial charge in [0.25, 0.3) is 0 Å². The molecule has 0 saturated carbocycles. The molecule has 0 aromatic heterocycles. The third kappa shape index (κ3) is 3.24. The van der Waals surface area contributed by atoms with Gasteiger partial charge in [0.15, 0.2) is 0 Å². The van der Waals surface area contributed by atoms with Crippen molar-refractivity contribution in [2.75, 3.05) is 0 Å². The van der Waals surface area contributed by atoms with Crippen LogP contribution < -0.4 is 0 Å². The summed E-state index contributed by atoms with van der Waals surface area (Å²) in [6.45, 7) is 23.2. The van der Waals surface area contributed by atoms with E-state index >= 15 is 0 Å². The van der Waals surface area contributed by atoms with Gasteiger partial charge >= 0.3 is 0 Å². The van der Waals surface area contributed by atoms with Crippen LogP contribution in [0.5, 0.6) is 0 Å². The van der Waals surface area contributed by atoms with Gasteiger partial charge in [-0.1, -0.05) is 20.8 Å². The third-order valence-corrected chi connectivity index (χ3v) is 7.09. The number of rotatable bonds is 5. The second-order valence-electron chi connectivity index (χ2n) is 8.01. The van der Waals surface area contributed by atoms with Crippen molar-refractivity contribution >= 4 is 0 Å². The molecule has 0 atom stereocenters. The van der Waals surface area contributed by atoms with Crippen molar-refractivity contribution in [2.45, 2.75) is 94.9 Å². The van der Waals surface area contributed by atoms with Crippen LogP contribution in [0.2, 0.25) is 0 Å². The summed E-state index contributed by atoms with van der Waals surface area (Å²) in [5.74, 6) is 0. The second-order valence-corrected chi connectivity index (χ2v) is 8.01. The molecule has 2 aromatic rings. The Labute approximate surface area is 162 Å². The summed E-state index contributed by atoms with van der Waals surface area (Å²) in [5.41, 5.74) is 18.4. The van der Waals surface area contributed by atoms with Crippen LogP contribution in [0.1, 0.15) is 87.5 Å². The predicted molar refractivity (Wildman–Crippen MR) is 117 cm³/mol. The maximum Gasteiger partial charge on any atom is -0.00149 e. The van der Waals surface area contributed by atoms with Gasteiger partial charge < -0.3 is 0 Å². The first-order valence-electron chi connectivity index (χ1n) is 10.4. The van der Waals surface area contributed by atoms with Gasteiger partial charge in [0.2, 0.25) is 0 Å². The molecule has 0 saturated heterocycles. The highest BCUT2D eigenvalue weighted by Gasteiger charge is 2.19. The molecule has 0 heteroatoms. The minimum Gasteiger partial charge on any atom is -0.0613 e. The van der Waals surface area contributed by atoms with Crippen LogP contribution >= 0.6 is 0 Å². The molecule has 0 aliphatic heterocycles. The van der Waals surface area contributed by atoms with E-state index in [9.17, 15) is 0 Å². The largest absolute Gasteiger partial charge is 0.0613 e. The monoisotopic (exact) mass is 350 g/mol. The summed E-state index contributed by atoms with van der Waals surface area (Å²) in [7, 11) is 0. The quantitative estimate of drug-likeness (QED) is 0.538. The molecule has 0 aliphatic rings. The van der Waals surface area contributed by atoms with E-state index in [1.165, 1.54) is 38.9 Å². The third-order valence-electron chi connectivity index (χ3n) is 7.09. The van der Waals surface area contributed by atoms with Gasteiger partial charge in [0, 0.05) is 0 Å². The first-order valence-corrected chi connectivity index (χ1v) is 10.4. The Morgan fingerprint density at radius 3 is 1.00 bits per heavy atom. The lowest BCUT2D eigenvalue weighted by atomic mass is 9.80. The highest BCUT2D eigenvalue weighted by molar-refractivity contribution is 5.56. The number of benzene rings is 2. The Morgan fingerprint density at radius 2 is 0.615 bits per heavy atom. The van der Waals surface area contributed by atoms with E-state index in [0.717, 1.165) is 25.7 Å². The zero-order valence-corrected chi connectivity index (χ0v) is 18.8. The van der Waals surface area contributed by atoms with Crippen molar-refractivity contribution in [1.82, 2.24) is 0 Å². The van der Waals surface area contributed by atoms with E-state index in [1.54, 1.807) is 27.8 Å². The first kappa shape index (κ1) is 20.7. The highest BCUT2D eigenvalue weighted by atomic mass is 14.2. The molecule has 0 fully saturated rings. The Hall–Kier alpha value is -1.56. The second kappa shape index (κ2) is 7.99. The molecular weight excluding hydrogens is 312 g/mol. The molecule has 0 amide bonds. The topological polar surface area (TPSA) is 0 Å². The van der Waals surface area contributed by atoms with Gasteiger partial charge in [0.1, 0.15) is 0 Å².